The van der Waals surface area contributed by atoms with Crippen molar-refractivity contribution in [2.75, 3.05) is 25.6 Å². The molecule has 0 saturated heterocycles. The number of carbonyl (C=O) groups is 1. The van der Waals surface area contributed by atoms with Crippen molar-refractivity contribution in [3.63, 3.8) is 0 Å². The number of benzene rings is 1. The van der Waals surface area contributed by atoms with E-state index in [1.54, 1.807) is 19.1 Å². The van der Waals surface area contributed by atoms with Gasteiger partial charge in [0.15, 0.2) is 0 Å². The second kappa shape index (κ2) is 6.93. The van der Waals surface area contributed by atoms with E-state index in [0.29, 0.717) is 4.88 Å². The third-order valence-corrected chi connectivity index (χ3v) is 3.85. The molecule has 0 bridgehead atoms. The Hall–Kier alpha value is -2.29. The molecule has 1 heterocycles. The number of nitrogens with zero attached hydrogens (tertiary/aromatic N) is 1. The monoisotopic (exact) mass is 300 g/mol. The van der Waals surface area contributed by atoms with Gasteiger partial charge in [0.2, 0.25) is 0 Å². The zero-order chi connectivity index (χ0) is 15.2. The SMILES string of the molecule is COc1ccc(N(C)C(=O)c2sccc2C#CCN)cc1. The van der Waals surface area contributed by atoms with Crippen LogP contribution in [0.2, 0.25) is 0 Å². The van der Waals surface area contributed by atoms with Gasteiger partial charge in [0.25, 0.3) is 5.91 Å². The fraction of sp³-hybridized carbons (Fsp3) is 0.188. The Morgan fingerprint density at radius 3 is 2.67 bits per heavy atom. The van der Waals surface area contributed by atoms with Crippen LogP contribution in [0.25, 0.3) is 0 Å². The summed E-state index contributed by atoms with van der Waals surface area (Å²) >= 11 is 1.38. The summed E-state index contributed by atoms with van der Waals surface area (Å²) in [6.07, 6.45) is 0. The highest BCUT2D eigenvalue weighted by Crippen LogP contribution is 2.23. The van der Waals surface area contributed by atoms with Crippen molar-refractivity contribution in [2.45, 2.75) is 0 Å². The van der Waals surface area contributed by atoms with Crippen LogP contribution < -0.4 is 15.4 Å². The molecule has 21 heavy (non-hydrogen) atoms. The lowest BCUT2D eigenvalue weighted by molar-refractivity contribution is 0.0996. The lowest BCUT2D eigenvalue weighted by Gasteiger charge is -2.17. The Kier molecular flexibility index (Phi) is 4.99. The Morgan fingerprint density at radius 2 is 2.05 bits per heavy atom. The molecule has 1 aromatic carbocycles. The summed E-state index contributed by atoms with van der Waals surface area (Å²) in [7, 11) is 3.35. The molecular weight excluding hydrogens is 284 g/mol. The second-order valence-electron chi connectivity index (χ2n) is 4.23. The number of nitrogens with two attached hydrogens (primary N) is 1. The Labute approximate surface area is 128 Å². The van der Waals surface area contributed by atoms with Crippen LogP contribution in [0.3, 0.4) is 0 Å². The van der Waals surface area contributed by atoms with Crippen molar-refractivity contribution in [3.05, 3.63) is 46.2 Å². The van der Waals surface area contributed by atoms with Crippen molar-refractivity contribution in [3.8, 4) is 17.6 Å². The fourth-order valence-electron chi connectivity index (χ4n) is 1.79. The molecule has 5 heteroatoms. The van der Waals surface area contributed by atoms with Gasteiger partial charge in [-0.3, -0.25) is 4.79 Å². The van der Waals surface area contributed by atoms with Crippen molar-refractivity contribution >= 4 is 22.9 Å². The molecule has 108 valence electrons. The number of anilines is 1. The highest BCUT2D eigenvalue weighted by Gasteiger charge is 2.17. The first kappa shape index (κ1) is 15.1. The smallest absolute Gasteiger partial charge is 0.269 e. The minimum absolute atomic E-state index is 0.0866. The predicted molar refractivity (Wildman–Crippen MR) is 86.0 cm³/mol. The third-order valence-electron chi connectivity index (χ3n) is 2.95. The molecule has 1 amide bonds. The van der Waals surface area contributed by atoms with Gasteiger partial charge in [0.05, 0.1) is 13.7 Å². The minimum atomic E-state index is -0.0866. The van der Waals surface area contributed by atoms with Gasteiger partial charge in [-0.15, -0.1) is 11.3 Å². The minimum Gasteiger partial charge on any atom is -0.497 e. The summed E-state index contributed by atoms with van der Waals surface area (Å²) in [5.41, 5.74) is 6.89. The molecule has 0 aliphatic carbocycles. The number of hydrogen-bond acceptors (Lipinski definition) is 4. The fourth-order valence-corrected chi connectivity index (χ4v) is 2.62. The van der Waals surface area contributed by atoms with Crippen LogP contribution in [0.15, 0.2) is 35.7 Å². The summed E-state index contributed by atoms with van der Waals surface area (Å²) in [5.74, 6) is 6.37. The molecule has 4 nitrogen and oxygen atoms in total. The van der Waals surface area contributed by atoms with E-state index in [0.717, 1.165) is 17.0 Å². The van der Waals surface area contributed by atoms with E-state index in [2.05, 4.69) is 11.8 Å². The number of carbonyl (C=O) groups excluding carboxylic acids is 1. The molecule has 2 N–H and O–H groups in total. The van der Waals surface area contributed by atoms with Gasteiger partial charge in [-0.1, -0.05) is 11.8 Å². The quantitative estimate of drug-likeness (QED) is 0.885. The summed E-state index contributed by atoms with van der Waals surface area (Å²) in [4.78, 5) is 14.8. The van der Waals surface area contributed by atoms with Crippen molar-refractivity contribution < 1.29 is 9.53 Å². The average molecular weight is 300 g/mol. The number of methoxy groups -OCH3 is 1. The Balaban J connectivity index is 2.24. The van der Waals surface area contributed by atoms with E-state index in [4.69, 9.17) is 10.5 Å². The van der Waals surface area contributed by atoms with Gasteiger partial charge in [-0.05, 0) is 35.7 Å². The van der Waals surface area contributed by atoms with Gasteiger partial charge in [-0.2, -0.15) is 0 Å². The van der Waals surface area contributed by atoms with E-state index >= 15 is 0 Å². The molecule has 0 fully saturated rings. The van der Waals surface area contributed by atoms with Crippen molar-refractivity contribution in [1.82, 2.24) is 0 Å². The highest BCUT2D eigenvalue weighted by molar-refractivity contribution is 7.12. The van der Waals surface area contributed by atoms with Gasteiger partial charge in [-0.25, -0.2) is 0 Å². The predicted octanol–water partition coefficient (Wildman–Crippen LogP) is 2.34. The van der Waals surface area contributed by atoms with Gasteiger partial charge in [0, 0.05) is 18.3 Å². The molecule has 0 aliphatic heterocycles. The van der Waals surface area contributed by atoms with Crippen LogP contribution in [-0.2, 0) is 0 Å². The maximum absolute atomic E-state index is 12.6. The van der Waals surface area contributed by atoms with Crippen LogP contribution in [0.5, 0.6) is 5.75 Å². The van der Waals surface area contributed by atoms with Gasteiger partial charge < -0.3 is 15.4 Å². The normalized spacial score (nSPS) is 9.67. The number of thiophene rings is 1. The van der Waals surface area contributed by atoms with Crippen LogP contribution in [0.4, 0.5) is 5.69 Å². The van der Waals surface area contributed by atoms with Crippen LogP contribution in [0.1, 0.15) is 15.2 Å². The van der Waals surface area contributed by atoms with Gasteiger partial charge in [0.1, 0.15) is 10.6 Å². The Bertz CT molecular complexity index is 680. The molecular formula is C16H16N2O2S. The molecule has 0 unspecified atom stereocenters. The first-order valence-electron chi connectivity index (χ1n) is 6.36. The van der Waals surface area contributed by atoms with Crippen LogP contribution in [-0.4, -0.2) is 26.6 Å². The number of ether oxygens (including phenoxy) is 1. The Morgan fingerprint density at radius 1 is 1.33 bits per heavy atom. The van der Waals surface area contributed by atoms with Crippen molar-refractivity contribution in [1.29, 1.82) is 0 Å². The third kappa shape index (κ3) is 3.43. The zero-order valence-corrected chi connectivity index (χ0v) is 12.7. The summed E-state index contributed by atoms with van der Waals surface area (Å²) in [5, 5.41) is 1.86. The molecule has 0 aliphatic rings. The zero-order valence-electron chi connectivity index (χ0n) is 11.9. The molecule has 1 aromatic heterocycles. The topological polar surface area (TPSA) is 55.6 Å². The van der Waals surface area contributed by atoms with E-state index in [1.165, 1.54) is 11.3 Å². The number of hydrogen-bond donors (Lipinski definition) is 1. The molecule has 2 rings (SSSR count). The first-order valence-corrected chi connectivity index (χ1v) is 7.24. The largest absolute Gasteiger partial charge is 0.497 e. The summed E-state index contributed by atoms with van der Waals surface area (Å²) in [6.45, 7) is 0.276. The van der Waals surface area contributed by atoms with Crippen LogP contribution >= 0.6 is 11.3 Å². The lowest BCUT2D eigenvalue weighted by Crippen LogP contribution is -2.25. The molecule has 0 spiro atoms. The number of rotatable bonds is 3. The molecule has 0 saturated carbocycles. The van der Waals surface area contributed by atoms with E-state index in [1.807, 2.05) is 35.7 Å². The summed E-state index contributed by atoms with van der Waals surface area (Å²) in [6, 6.07) is 9.17. The molecule has 0 radical (unpaired) electrons. The standard InChI is InChI=1S/C16H16N2O2S/c1-18(13-5-7-14(20-2)8-6-13)16(19)15-12(4-3-10-17)9-11-21-15/h5-9,11H,10,17H2,1-2H3. The highest BCUT2D eigenvalue weighted by atomic mass is 32.1. The maximum atomic E-state index is 12.6. The van der Waals surface area contributed by atoms with E-state index < -0.39 is 0 Å². The van der Waals surface area contributed by atoms with E-state index in [9.17, 15) is 4.79 Å². The molecule has 2 aromatic rings. The average Bonchev–Trinajstić information content (AvgIpc) is 3.00. The first-order chi connectivity index (χ1) is 10.2. The van der Waals surface area contributed by atoms with E-state index in [-0.39, 0.29) is 12.5 Å². The maximum Gasteiger partial charge on any atom is 0.269 e. The summed E-state index contributed by atoms with van der Waals surface area (Å²) < 4.78 is 5.11. The second-order valence-corrected chi connectivity index (χ2v) is 5.15. The van der Waals surface area contributed by atoms with Crippen molar-refractivity contribution in [2.24, 2.45) is 5.73 Å². The van der Waals surface area contributed by atoms with Crippen LogP contribution in [0, 0.1) is 11.8 Å². The van der Waals surface area contributed by atoms with Gasteiger partial charge >= 0.3 is 0 Å². The molecule has 0 atom stereocenters. The number of amides is 1. The lowest BCUT2D eigenvalue weighted by atomic mass is 10.2.